The van der Waals surface area contributed by atoms with Crippen LogP contribution in [0.1, 0.15) is 32.4 Å². The van der Waals surface area contributed by atoms with Crippen molar-refractivity contribution in [3.63, 3.8) is 0 Å². The van der Waals surface area contributed by atoms with E-state index in [1.807, 2.05) is 51.1 Å². The van der Waals surface area contributed by atoms with E-state index in [4.69, 9.17) is 13.9 Å². The van der Waals surface area contributed by atoms with Crippen LogP contribution in [0.25, 0.3) is 0 Å². The molecule has 1 aromatic carbocycles. The standard InChI is InChI=1S/C18H28O3Si/c1-8-18(21-22(5,6)7)14(2)13-20-15(3)16-9-11-17(19-4)12-10-16/h8-13,15H,1-7H3/b14-13+,18-8-/t15-/m1/s1. The van der Waals surface area contributed by atoms with Gasteiger partial charge in [-0.05, 0) is 64.2 Å². The molecule has 0 bridgehead atoms. The molecule has 0 amide bonds. The fraction of sp³-hybridized carbons (Fsp3) is 0.444. The van der Waals surface area contributed by atoms with Gasteiger partial charge in [0.1, 0.15) is 17.6 Å². The largest absolute Gasteiger partial charge is 0.544 e. The van der Waals surface area contributed by atoms with E-state index in [0.29, 0.717) is 0 Å². The van der Waals surface area contributed by atoms with Crippen LogP contribution in [0.2, 0.25) is 19.6 Å². The van der Waals surface area contributed by atoms with E-state index in [9.17, 15) is 0 Å². The summed E-state index contributed by atoms with van der Waals surface area (Å²) in [4.78, 5) is 0. The molecular formula is C18H28O3Si. The Morgan fingerprint density at radius 3 is 2.18 bits per heavy atom. The van der Waals surface area contributed by atoms with Crippen LogP contribution in [-0.2, 0) is 9.16 Å². The van der Waals surface area contributed by atoms with E-state index in [0.717, 1.165) is 22.6 Å². The van der Waals surface area contributed by atoms with Gasteiger partial charge in [0.2, 0.25) is 8.32 Å². The van der Waals surface area contributed by atoms with E-state index in [-0.39, 0.29) is 6.10 Å². The molecule has 0 heterocycles. The number of benzene rings is 1. The van der Waals surface area contributed by atoms with Crippen LogP contribution in [0.3, 0.4) is 0 Å². The molecule has 0 aliphatic rings. The lowest BCUT2D eigenvalue weighted by atomic mass is 10.1. The number of allylic oxidation sites excluding steroid dienone is 2. The molecule has 0 saturated carbocycles. The maximum Gasteiger partial charge on any atom is 0.242 e. The summed E-state index contributed by atoms with van der Waals surface area (Å²) in [5, 5.41) is 0. The third kappa shape index (κ3) is 5.98. The molecule has 4 heteroatoms. The zero-order valence-electron chi connectivity index (χ0n) is 14.8. The summed E-state index contributed by atoms with van der Waals surface area (Å²) >= 11 is 0. The van der Waals surface area contributed by atoms with Crippen LogP contribution in [0.5, 0.6) is 5.75 Å². The molecule has 0 unspecified atom stereocenters. The van der Waals surface area contributed by atoms with E-state index in [1.165, 1.54) is 0 Å². The van der Waals surface area contributed by atoms with Crippen molar-refractivity contribution in [3.8, 4) is 5.75 Å². The smallest absolute Gasteiger partial charge is 0.242 e. The Morgan fingerprint density at radius 1 is 1.14 bits per heavy atom. The van der Waals surface area contributed by atoms with Crippen molar-refractivity contribution in [1.29, 1.82) is 0 Å². The SMILES string of the molecule is C/C=C(O[Si](C)(C)C)/C(C)=C/O[C@H](C)c1ccc(OC)cc1. The summed E-state index contributed by atoms with van der Waals surface area (Å²) in [6, 6.07) is 7.92. The average molecular weight is 321 g/mol. The average Bonchev–Trinajstić information content (AvgIpc) is 2.49. The van der Waals surface area contributed by atoms with Crippen LogP contribution in [0.4, 0.5) is 0 Å². The van der Waals surface area contributed by atoms with Crippen molar-refractivity contribution in [2.45, 2.75) is 46.5 Å². The van der Waals surface area contributed by atoms with Gasteiger partial charge < -0.3 is 13.9 Å². The van der Waals surface area contributed by atoms with Crippen LogP contribution in [-0.4, -0.2) is 15.4 Å². The molecule has 3 nitrogen and oxygen atoms in total. The molecular weight excluding hydrogens is 292 g/mol. The van der Waals surface area contributed by atoms with E-state index < -0.39 is 8.32 Å². The van der Waals surface area contributed by atoms with Crippen molar-refractivity contribution < 1.29 is 13.9 Å². The first-order valence-electron chi connectivity index (χ1n) is 7.58. The van der Waals surface area contributed by atoms with Crippen molar-refractivity contribution in [2.24, 2.45) is 0 Å². The molecule has 0 fully saturated rings. The predicted molar refractivity (Wildman–Crippen MR) is 94.4 cm³/mol. The molecule has 0 aliphatic heterocycles. The molecule has 1 atom stereocenters. The van der Waals surface area contributed by atoms with Gasteiger partial charge in [-0.2, -0.15) is 0 Å². The summed E-state index contributed by atoms with van der Waals surface area (Å²) in [5.74, 6) is 1.75. The number of rotatable bonds is 7. The number of hydrogen-bond donors (Lipinski definition) is 0. The first kappa shape index (κ1) is 18.4. The van der Waals surface area contributed by atoms with Gasteiger partial charge in [-0.25, -0.2) is 0 Å². The highest BCUT2D eigenvalue weighted by Gasteiger charge is 2.18. The van der Waals surface area contributed by atoms with Gasteiger partial charge in [0.25, 0.3) is 0 Å². The lowest BCUT2D eigenvalue weighted by Crippen LogP contribution is -2.25. The second-order valence-corrected chi connectivity index (χ2v) is 10.6. The van der Waals surface area contributed by atoms with Crippen molar-refractivity contribution in [1.82, 2.24) is 0 Å². The maximum absolute atomic E-state index is 6.05. The predicted octanol–water partition coefficient (Wildman–Crippen LogP) is 5.43. The second kappa shape index (κ2) is 8.08. The highest BCUT2D eigenvalue weighted by Crippen LogP contribution is 2.23. The quantitative estimate of drug-likeness (QED) is 0.381. The lowest BCUT2D eigenvalue weighted by Gasteiger charge is -2.22. The van der Waals surface area contributed by atoms with Crippen molar-refractivity contribution in [3.05, 3.63) is 53.5 Å². The fourth-order valence-electron chi connectivity index (χ4n) is 1.91. The Hall–Kier alpha value is -1.68. The van der Waals surface area contributed by atoms with Crippen LogP contribution in [0, 0.1) is 0 Å². The Bertz CT molecular complexity index is 524. The Morgan fingerprint density at radius 2 is 1.73 bits per heavy atom. The summed E-state index contributed by atoms with van der Waals surface area (Å²) in [6.45, 7) is 12.5. The summed E-state index contributed by atoms with van der Waals surface area (Å²) in [6.07, 6.45) is 3.75. The molecule has 0 aromatic heterocycles. The molecule has 1 aromatic rings. The zero-order valence-corrected chi connectivity index (χ0v) is 15.8. The first-order chi connectivity index (χ1) is 10.3. The first-order valence-corrected chi connectivity index (χ1v) is 11.0. The van der Waals surface area contributed by atoms with Crippen LogP contribution < -0.4 is 4.74 Å². The Balaban J connectivity index is 2.72. The minimum Gasteiger partial charge on any atom is -0.544 e. The second-order valence-electron chi connectivity index (χ2n) is 6.22. The molecule has 0 radical (unpaired) electrons. The molecule has 0 saturated heterocycles. The molecule has 0 aliphatic carbocycles. The van der Waals surface area contributed by atoms with Crippen LogP contribution >= 0.6 is 0 Å². The van der Waals surface area contributed by atoms with Gasteiger partial charge in [0.15, 0.2) is 0 Å². The third-order valence-corrected chi connectivity index (χ3v) is 3.93. The summed E-state index contributed by atoms with van der Waals surface area (Å²) in [5.41, 5.74) is 2.11. The summed E-state index contributed by atoms with van der Waals surface area (Å²) in [7, 11) is 0.0515. The highest BCUT2D eigenvalue weighted by atomic mass is 28.4. The minimum atomic E-state index is -1.61. The van der Waals surface area contributed by atoms with Crippen molar-refractivity contribution >= 4 is 8.32 Å². The normalized spacial score (nSPS) is 14.5. The van der Waals surface area contributed by atoms with Gasteiger partial charge in [-0.3, -0.25) is 0 Å². The number of methoxy groups -OCH3 is 1. The van der Waals surface area contributed by atoms with Crippen LogP contribution in [0.15, 0.2) is 47.9 Å². The summed E-state index contributed by atoms with van der Waals surface area (Å²) < 4.78 is 17.1. The third-order valence-electron chi connectivity index (χ3n) is 3.10. The van der Waals surface area contributed by atoms with E-state index >= 15 is 0 Å². The monoisotopic (exact) mass is 320 g/mol. The molecule has 122 valence electrons. The Labute approximate surface area is 135 Å². The fourth-order valence-corrected chi connectivity index (χ4v) is 2.85. The molecule has 0 spiro atoms. The van der Waals surface area contributed by atoms with Gasteiger partial charge in [0.05, 0.1) is 13.4 Å². The zero-order chi connectivity index (χ0) is 16.8. The molecule has 0 N–H and O–H groups in total. The topological polar surface area (TPSA) is 27.7 Å². The number of ether oxygens (including phenoxy) is 2. The Kier molecular flexibility index (Phi) is 6.75. The van der Waals surface area contributed by atoms with Gasteiger partial charge in [-0.15, -0.1) is 0 Å². The van der Waals surface area contributed by atoms with E-state index in [2.05, 4.69) is 19.6 Å². The number of hydrogen-bond acceptors (Lipinski definition) is 3. The molecule has 22 heavy (non-hydrogen) atoms. The van der Waals surface area contributed by atoms with Gasteiger partial charge in [0, 0.05) is 5.57 Å². The van der Waals surface area contributed by atoms with Gasteiger partial charge in [-0.1, -0.05) is 12.1 Å². The maximum atomic E-state index is 6.05. The minimum absolute atomic E-state index is 0.0224. The molecule has 1 rings (SSSR count). The van der Waals surface area contributed by atoms with Crippen molar-refractivity contribution in [2.75, 3.05) is 7.11 Å². The lowest BCUT2D eigenvalue weighted by molar-refractivity contribution is 0.161. The van der Waals surface area contributed by atoms with E-state index in [1.54, 1.807) is 13.4 Å². The van der Waals surface area contributed by atoms with Gasteiger partial charge >= 0.3 is 0 Å². The highest BCUT2D eigenvalue weighted by molar-refractivity contribution is 6.70.